The summed E-state index contributed by atoms with van der Waals surface area (Å²) in [6.45, 7) is 2.41. The molecule has 0 aliphatic rings. The Bertz CT molecular complexity index is 652. The average molecular weight is 297 g/mol. The van der Waals surface area contributed by atoms with Crippen molar-refractivity contribution in [3.8, 4) is 0 Å². The number of aryl methyl sites for hydroxylation is 1. The Balaban J connectivity index is 2.21. The smallest absolute Gasteiger partial charge is 0.240 e. The number of nitrogens with zero attached hydrogens (tertiary/aromatic N) is 1. The molecule has 0 radical (unpaired) electrons. The van der Waals surface area contributed by atoms with Crippen LogP contribution in [-0.2, 0) is 16.6 Å². The topological polar surface area (TPSA) is 71.1 Å². The van der Waals surface area contributed by atoms with Crippen LogP contribution in [0.25, 0.3) is 0 Å². The van der Waals surface area contributed by atoms with Crippen molar-refractivity contribution in [2.24, 2.45) is 0 Å². The van der Waals surface area contributed by atoms with Crippen LogP contribution < -0.4 is 10.0 Å². The Hall–Kier alpha value is -1.44. The number of thiazole rings is 1. The van der Waals surface area contributed by atoms with Crippen LogP contribution in [-0.4, -0.2) is 20.4 Å². The zero-order chi connectivity index (χ0) is 13.9. The van der Waals surface area contributed by atoms with Gasteiger partial charge in [-0.1, -0.05) is 6.07 Å². The van der Waals surface area contributed by atoms with Crippen LogP contribution >= 0.6 is 11.3 Å². The van der Waals surface area contributed by atoms with E-state index >= 15 is 0 Å². The zero-order valence-corrected chi connectivity index (χ0v) is 12.3. The van der Waals surface area contributed by atoms with Crippen molar-refractivity contribution in [2.75, 3.05) is 12.4 Å². The predicted molar refractivity (Wildman–Crippen MR) is 76.9 cm³/mol. The molecule has 1 aromatic heterocycles. The van der Waals surface area contributed by atoms with Crippen LogP contribution in [0.3, 0.4) is 0 Å². The summed E-state index contributed by atoms with van der Waals surface area (Å²) in [7, 11) is -2.01. The number of nitrogens with one attached hydrogen (secondary N) is 2. The highest BCUT2D eigenvalue weighted by atomic mass is 32.2. The van der Waals surface area contributed by atoms with E-state index in [1.54, 1.807) is 42.1 Å². The van der Waals surface area contributed by atoms with Gasteiger partial charge in [-0.2, -0.15) is 0 Å². The van der Waals surface area contributed by atoms with Gasteiger partial charge in [-0.15, -0.1) is 11.3 Å². The second-order valence-corrected chi connectivity index (χ2v) is 6.83. The Morgan fingerprint density at radius 3 is 2.79 bits per heavy atom. The molecule has 0 bridgehead atoms. The molecule has 0 aliphatic carbocycles. The SMILES string of the molecule is CNS(=O)(=O)c1cc(NCc2cncs2)ccc1C. The van der Waals surface area contributed by atoms with E-state index in [1.807, 2.05) is 6.07 Å². The van der Waals surface area contributed by atoms with Crippen LogP contribution in [0, 0.1) is 6.92 Å². The van der Waals surface area contributed by atoms with Crippen molar-refractivity contribution in [1.82, 2.24) is 9.71 Å². The van der Waals surface area contributed by atoms with E-state index in [0.29, 0.717) is 11.4 Å². The minimum atomic E-state index is -3.42. The molecule has 0 spiro atoms. The standard InChI is InChI=1S/C12H15N3O2S2/c1-9-3-4-10(5-12(9)19(16,17)13-2)15-7-11-6-14-8-18-11/h3-6,8,13,15H,7H2,1-2H3. The van der Waals surface area contributed by atoms with Crippen molar-refractivity contribution in [3.63, 3.8) is 0 Å². The molecule has 0 atom stereocenters. The highest BCUT2D eigenvalue weighted by molar-refractivity contribution is 7.89. The first-order valence-electron chi connectivity index (χ1n) is 5.68. The lowest BCUT2D eigenvalue weighted by Gasteiger charge is -2.10. The third-order valence-electron chi connectivity index (χ3n) is 2.70. The van der Waals surface area contributed by atoms with Crippen LogP contribution in [0.5, 0.6) is 0 Å². The molecule has 0 amide bonds. The summed E-state index contributed by atoms with van der Waals surface area (Å²) in [6.07, 6.45) is 1.79. The maximum Gasteiger partial charge on any atom is 0.240 e. The third kappa shape index (κ3) is 3.31. The van der Waals surface area contributed by atoms with Gasteiger partial charge in [-0.3, -0.25) is 4.98 Å². The predicted octanol–water partition coefficient (Wildman–Crippen LogP) is 1.97. The lowest BCUT2D eigenvalue weighted by atomic mass is 10.2. The molecule has 19 heavy (non-hydrogen) atoms. The molecule has 1 heterocycles. The number of sulfonamides is 1. The number of benzene rings is 1. The van der Waals surface area contributed by atoms with E-state index < -0.39 is 10.0 Å². The largest absolute Gasteiger partial charge is 0.380 e. The highest BCUT2D eigenvalue weighted by Crippen LogP contribution is 2.20. The van der Waals surface area contributed by atoms with Gasteiger partial charge in [-0.25, -0.2) is 13.1 Å². The van der Waals surface area contributed by atoms with E-state index in [2.05, 4.69) is 15.0 Å². The highest BCUT2D eigenvalue weighted by Gasteiger charge is 2.14. The second-order valence-electron chi connectivity index (χ2n) is 4.01. The summed E-state index contributed by atoms with van der Waals surface area (Å²) in [5, 5.41) is 3.19. The van der Waals surface area contributed by atoms with Crippen molar-refractivity contribution in [3.05, 3.63) is 40.3 Å². The van der Waals surface area contributed by atoms with Gasteiger partial charge in [0, 0.05) is 16.8 Å². The summed E-state index contributed by atoms with van der Waals surface area (Å²) >= 11 is 1.56. The molecule has 0 saturated carbocycles. The fourth-order valence-electron chi connectivity index (χ4n) is 1.63. The average Bonchev–Trinajstić information content (AvgIpc) is 2.91. The van der Waals surface area contributed by atoms with Crippen LogP contribution in [0.4, 0.5) is 5.69 Å². The molecule has 2 N–H and O–H groups in total. The Labute approximate surface area is 116 Å². The van der Waals surface area contributed by atoms with Gasteiger partial charge in [0.1, 0.15) is 0 Å². The molecule has 2 aromatic rings. The minimum Gasteiger partial charge on any atom is -0.380 e. The van der Waals surface area contributed by atoms with Crippen molar-refractivity contribution >= 4 is 27.0 Å². The molecule has 7 heteroatoms. The number of aromatic nitrogens is 1. The molecule has 1 aromatic carbocycles. The lowest BCUT2D eigenvalue weighted by Crippen LogP contribution is -2.19. The van der Waals surface area contributed by atoms with E-state index in [1.165, 1.54) is 7.05 Å². The first kappa shape index (κ1) is 14.0. The molecule has 0 saturated heterocycles. The van der Waals surface area contributed by atoms with Crippen molar-refractivity contribution in [1.29, 1.82) is 0 Å². The minimum absolute atomic E-state index is 0.296. The maximum absolute atomic E-state index is 11.9. The van der Waals surface area contributed by atoms with Gasteiger partial charge < -0.3 is 5.32 Å². The first-order valence-corrected chi connectivity index (χ1v) is 8.04. The number of hydrogen-bond acceptors (Lipinski definition) is 5. The van der Waals surface area contributed by atoms with Gasteiger partial charge >= 0.3 is 0 Å². The van der Waals surface area contributed by atoms with E-state index in [4.69, 9.17) is 0 Å². The normalized spacial score (nSPS) is 11.5. The fourth-order valence-corrected chi connectivity index (χ4v) is 3.16. The summed E-state index contributed by atoms with van der Waals surface area (Å²) in [5.41, 5.74) is 3.26. The molecule has 2 rings (SSSR count). The lowest BCUT2D eigenvalue weighted by molar-refractivity contribution is 0.587. The van der Waals surface area contributed by atoms with Crippen molar-refractivity contribution < 1.29 is 8.42 Å². The van der Waals surface area contributed by atoms with Crippen LogP contribution in [0.2, 0.25) is 0 Å². The Morgan fingerprint density at radius 1 is 1.37 bits per heavy atom. The molecular formula is C12H15N3O2S2. The van der Waals surface area contributed by atoms with Crippen molar-refractivity contribution in [2.45, 2.75) is 18.4 Å². The summed E-state index contributed by atoms with van der Waals surface area (Å²) in [5.74, 6) is 0. The van der Waals surface area contributed by atoms with Gasteiger partial charge in [-0.05, 0) is 31.7 Å². The fraction of sp³-hybridized carbons (Fsp3) is 0.250. The summed E-state index contributed by atoms with van der Waals surface area (Å²) < 4.78 is 26.1. The monoisotopic (exact) mass is 297 g/mol. The summed E-state index contributed by atoms with van der Waals surface area (Å²) in [6, 6.07) is 5.30. The molecule has 0 unspecified atom stereocenters. The quantitative estimate of drug-likeness (QED) is 0.885. The molecule has 5 nitrogen and oxygen atoms in total. The van der Waals surface area contributed by atoms with Gasteiger partial charge in [0.05, 0.1) is 17.0 Å². The third-order valence-corrected chi connectivity index (χ3v) is 5.03. The van der Waals surface area contributed by atoms with E-state index in [-0.39, 0.29) is 0 Å². The van der Waals surface area contributed by atoms with E-state index in [9.17, 15) is 8.42 Å². The Morgan fingerprint density at radius 2 is 2.16 bits per heavy atom. The van der Waals surface area contributed by atoms with Crippen LogP contribution in [0.15, 0.2) is 34.8 Å². The van der Waals surface area contributed by atoms with Gasteiger partial charge in [0.15, 0.2) is 0 Å². The molecule has 0 aliphatic heterocycles. The second kappa shape index (κ2) is 5.68. The summed E-state index contributed by atoms with van der Waals surface area (Å²) in [4.78, 5) is 5.38. The van der Waals surface area contributed by atoms with Gasteiger partial charge in [0.2, 0.25) is 10.0 Å². The molecule has 102 valence electrons. The maximum atomic E-state index is 11.9. The number of anilines is 1. The first-order chi connectivity index (χ1) is 9.03. The molecular weight excluding hydrogens is 282 g/mol. The van der Waals surface area contributed by atoms with Gasteiger partial charge in [0.25, 0.3) is 0 Å². The molecule has 0 fully saturated rings. The zero-order valence-electron chi connectivity index (χ0n) is 10.7. The number of hydrogen-bond donors (Lipinski definition) is 2. The van der Waals surface area contributed by atoms with E-state index in [0.717, 1.165) is 16.1 Å². The Kier molecular flexibility index (Phi) is 4.18. The number of rotatable bonds is 5. The van der Waals surface area contributed by atoms with Crippen LogP contribution in [0.1, 0.15) is 10.4 Å².